The Morgan fingerprint density at radius 1 is 1.62 bits per heavy atom. The Kier molecular flexibility index (Phi) is 4.60. The van der Waals surface area contributed by atoms with Crippen molar-refractivity contribution in [3.05, 3.63) is 24.2 Å². The predicted molar refractivity (Wildman–Crippen MR) is 53.8 cm³/mol. The van der Waals surface area contributed by atoms with E-state index in [4.69, 9.17) is 4.42 Å². The second-order valence-corrected chi connectivity index (χ2v) is 3.41. The second-order valence-electron chi connectivity index (χ2n) is 2.62. The lowest BCUT2D eigenvalue weighted by Crippen LogP contribution is -2.25. The lowest BCUT2D eigenvalue weighted by molar-refractivity contribution is -0.120. The van der Waals surface area contributed by atoms with Crippen LogP contribution in [0.1, 0.15) is 12.2 Å². The van der Waals surface area contributed by atoms with Crippen LogP contribution in [0.25, 0.3) is 0 Å². The van der Waals surface area contributed by atoms with Crippen LogP contribution in [-0.4, -0.2) is 17.8 Å². The topological polar surface area (TPSA) is 42.2 Å². The Morgan fingerprint density at radius 3 is 3.08 bits per heavy atom. The van der Waals surface area contributed by atoms with Crippen LogP contribution in [0.5, 0.6) is 0 Å². The van der Waals surface area contributed by atoms with Gasteiger partial charge < -0.3 is 9.73 Å². The first kappa shape index (κ1) is 10.3. The molecule has 13 heavy (non-hydrogen) atoms. The predicted octanol–water partition coefficient (Wildman–Crippen LogP) is 1.72. The molecule has 0 saturated carbocycles. The van der Waals surface area contributed by atoms with Gasteiger partial charge in [0.2, 0.25) is 5.91 Å². The molecule has 0 radical (unpaired) electrons. The van der Waals surface area contributed by atoms with Gasteiger partial charge in [0.05, 0.1) is 6.26 Å². The summed E-state index contributed by atoms with van der Waals surface area (Å²) in [5.74, 6) is 0.975. The first-order valence-electron chi connectivity index (χ1n) is 4.18. The van der Waals surface area contributed by atoms with Gasteiger partial charge in [-0.1, -0.05) is 15.9 Å². The molecule has 1 aromatic heterocycles. The molecule has 0 atom stereocenters. The number of hydrogen-bond acceptors (Lipinski definition) is 2. The average Bonchev–Trinajstić information content (AvgIpc) is 2.57. The van der Waals surface area contributed by atoms with E-state index >= 15 is 0 Å². The second kappa shape index (κ2) is 5.80. The molecule has 0 saturated heterocycles. The fourth-order valence-electron chi connectivity index (χ4n) is 0.954. The molecule has 4 heteroatoms. The monoisotopic (exact) mass is 245 g/mol. The minimum atomic E-state index is 0.0726. The van der Waals surface area contributed by atoms with Crippen LogP contribution in [0.4, 0.5) is 0 Å². The lowest BCUT2D eigenvalue weighted by Gasteiger charge is -2.01. The van der Waals surface area contributed by atoms with Crippen LogP contribution in [0.2, 0.25) is 0 Å². The molecule has 3 nitrogen and oxygen atoms in total. The molecule has 1 rings (SSSR count). The van der Waals surface area contributed by atoms with Crippen LogP contribution in [0, 0.1) is 0 Å². The Morgan fingerprint density at radius 2 is 2.46 bits per heavy atom. The number of amides is 1. The minimum Gasteiger partial charge on any atom is -0.469 e. The third-order valence-corrected chi connectivity index (χ3v) is 1.99. The number of halogens is 1. The maximum absolute atomic E-state index is 11.0. The zero-order valence-corrected chi connectivity index (χ0v) is 8.84. The molecule has 0 aliphatic rings. The molecule has 1 heterocycles. The van der Waals surface area contributed by atoms with Gasteiger partial charge in [0, 0.05) is 24.7 Å². The number of nitrogens with one attached hydrogen (secondary N) is 1. The van der Waals surface area contributed by atoms with Crippen molar-refractivity contribution in [3.63, 3.8) is 0 Å². The normalized spacial score (nSPS) is 9.92. The highest BCUT2D eigenvalue weighted by Crippen LogP contribution is 1.99. The van der Waals surface area contributed by atoms with Crippen LogP contribution < -0.4 is 5.32 Å². The van der Waals surface area contributed by atoms with Crippen molar-refractivity contribution < 1.29 is 9.21 Å². The van der Waals surface area contributed by atoms with Crippen molar-refractivity contribution in [1.82, 2.24) is 5.32 Å². The van der Waals surface area contributed by atoms with Gasteiger partial charge >= 0.3 is 0 Å². The van der Waals surface area contributed by atoms with E-state index in [0.717, 1.165) is 12.2 Å². The van der Waals surface area contributed by atoms with E-state index in [1.54, 1.807) is 6.26 Å². The number of furan rings is 1. The number of alkyl halides is 1. The van der Waals surface area contributed by atoms with E-state index < -0.39 is 0 Å². The summed E-state index contributed by atoms with van der Waals surface area (Å²) in [5.41, 5.74) is 0. The summed E-state index contributed by atoms with van der Waals surface area (Å²) in [6.45, 7) is 0.638. The molecule has 0 bridgehead atoms. The molecular formula is C9H12BrNO2. The van der Waals surface area contributed by atoms with E-state index in [9.17, 15) is 4.79 Å². The van der Waals surface area contributed by atoms with Crippen molar-refractivity contribution in [2.24, 2.45) is 0 Å². The highest BCUT2D eigenvalue weighted by molar-refractivity contribution is 9.09. The van der Waals surface area contributed by atoms with Gasteiger partial charge in [-0.2, -0.15) is 0 Å². The summed E-state index contributed by atoms with van der Waals surface area (Å²) in [4.78, 5) is 11.0. The van der Waals surface area contributed by atoms with Crippen molar-refractivity contribution in [3.8, 4) is 0 Å². The quantitative estimate of drug-likeness (QED) is 0.804. The fraction of sp³-hybridized carbons (Fsp3) is 0.444. The largest absolute Gasteiger partial charge is 0.469 e. The van der Waals surface area contributed by atoms with Crippen LogP contribution >= 0.6 is 15.9 Å². The average molecular weight is 246 g/mol. The van der Waals surface area contributed by atoms with Gasteiger partial charge in [0.15, 0.2) is 0 Å². The number of carbonyl (C=O) groups is 1. The molecular weight excluding hydrogens is 234 g/mol. The highest BCUT2D eigenvalue weighted by atomic mass is 79.9. The van der Waals surface area contributed by atoms with E-state index in [1.807, 2.05) is 12.1 Å². The Balaban J connectivity index is 2.11. The lowest BCUT2D eigenvalue weighted by atomic mass is 10.3. The van der Waals surface area contributed by atoms with Gasteiger partial charge in [-0.05, 0) is 12.1 Å². The van der Waals surface area contributed by atoms with Gasteiger partial charge in [-0.3, -0.25) is 4.79 Å². The molecule has 1 amide bonds. The Labute approximate surface area is 85.6 Å². The molecule has 0 aromatic carbocycles. The summed E-state index contributed by atoms with van der Waals surface area (Å²) in [7, 11) is 0. The molecule has 0 spiro atoms. The van der Waals surface area contributed by atoms with Gasteiger partial charge in [0.1, 0.15) is 5.76 Å². The summed E-state index contributed by atoms with van der Waals surface area (Å²) in [6, 6.07) is 3.74. The van der Waals surface area contributed by atoms with Crippen molar-refractivity contribution in [1.29, 1.82) is 0 Å². The van der Waals surface area contributed by atoms with Gasteiger partial charge in [0.25, 0.3) is 0 Å². The number of rotatable bonds is 5. The first-order valence-corrected chi connectivity index (χ1v) is 5.30. The van der Waals surface area contributed by atoms with Crippen LogP contribution in [0.15, 0.2) is 22.8 Å². The summed E-state index contributed by atoms with van der Waals surface area (Å²) >= 11 is 3.20. The van der Waals surface area contributed by atoms with Crippen LogP contribution in [0.3, 0.4) is 0 Å². The SMILES string of the molecule is O=C(CCBr)NCCc1ccco1. The molecule has 1 aromatic rings. The van der Waals surface area contributed by atoms with E-state index in [2.05, 4.69) is 21.2 Å². The Hall–Kier alpha value is -0.770. The maximum atomic E-state index is 11.0. The van der Waals surface area contributed by atoms with Crippen LogP contribution in [-0.2, 0) is 11.2 Å². The summed E-state index contributed by atoms with van der Waals surface area (Å²) < 4.78 is 5.11. The maximum Gasteiger partial charge on any atom is 0.220 e. The fourth-order valence-corrected chi connectivity index (χ4v) is 1.31. The smallest absolute Gasteiger partial charge is 0.220 e. The van der Waals surface area contributed by atoms with E-state index in [1.165, 1.54) is 0 Å². The first-order chi connectivity index (χ1) is 6.33. The van der Waals surface area contributed by atoms with Gasteiger partial charge in [-0.25, -0.2) is 0 Å². The van der Waals surface area contributed by atoms with E-state index in [-0.39, 0.29) is 5.91 Å². The molecule has 0 aliphatic carbocycles. The molecule has 72 valence electrons. The summed E-state index contributed by atoms with van der Waals surface area (Å²) in [6.07, 6.45) is 2.91. The van der Waals surface area contributed by atoms with Crippen molar-refractivity contribution >= 4 is 21.8 Å². The third kappa shape index (κ3) is 4.12. The van der Waals surface area contributed by atoms with Crippen molar-refractivity contribution in [2.45, 2.75) is 12.8 Å². The standard InChI is InChI=1S/C9H12BrNO2/c10-5-3-9(12)11-6-4-8-2-1-7-13-8/h1-2,7H,3-6H2,(H,11,12). The zero-order chi connectivity index (χ0) is 9.52. The minimum absolute atomic E-state index is 0.0726. The summed E-state index contributed by atoms with van der Waals surface area (Å²) in [5, 5.41) is 3.50. The highest BCUT2D eigenvalue weighted by Gasteiger charge is 1.99. The Bertz CT molecular complexity index is 246. The third-order valence-electron chi connectivity index (χ3n) is 1.60. The molecule has 1 N–H and O–H groups in total. The zero-order valence-electron chi connectivity index (χ0n) is 7.25. The van der Waals surface area contributed by atoms with E-state index in [0.29, 0.717) is 18.3 Å². The van der Waals surface area contributed by atoms with Gasteiger partial charge in [-0.15, -0.1) is 0 Å². The van der Waals surface area contributed by atoms with Crippen molar-refractivity contribution in [2.75, 3.05) is 11.9 Å². The number of carbonyl (C=O) groups excluding carboxylic acids is 1. The molecule has 0 unspecified atom stereocenters. The molecule has 0 fully saturated rings. The molecule has 0 aliphatic heterocycles. The number of hydrogen-bond donors (Lipinski definition) is 1.